The zero-order valence-corrected chi connectivity index (χ0v) is 20.2. The first-order valence-corrected chi connectivity index (χ1v) is 12.5. The fraction of sp³-hybridized carbons (Fsp3) is 1.00. The van der Waals surface area contributed by atoms with E-state index in [2.05, 4.69) is 22.2 Å². The van der Waals surface area contributed by atoms with Crippen molar-refractivity contribution in [3.8, 4) is 0 Å². The number of unbranched alkanes of at least 4 members (excludes halogenated alkanes) is 10. The van der Waals surface area contributed by atoms with Crippen molar-refractivity contribution in [1.82, 2.24) is 0 Å². The Balaban J connectivity index is 0. The van der Waals surface area contributed by atoms with E-state index >= 15 is 0 Å². The minimum absolute atomic E-state index is 0. The summed E-state index contributed by atoms with van der Waals surface area (Å²) in [7, 11) is -9.42. The van der Waals surface area contributed by atoms with Crippen molar-refractivity contribution in [1.29, 1.82) is 0 Å². The summed E-state index contributed by atoms with van der Waals surface area (Å²) >= 11 is 0. The van der Waals surface area contributed by atoms with Crippen LogP contribution < -0.4 is 0 Å². The maximum atomic E-state index is 11.7. The van der Waals surface area contributed by atoms with Crippen molar-refractivity contribution in [2.75, 3.05) is 13.2 Å². The summed E-state index contributed by atoms with van der Waals surface area (Å²) < 4.78 is 55.8. The van der Waals surface area contributed by atoms with E-state index in [1.165, 1.54) is 0 Å². The Bertz CT molecular complexity index is 445. The molecule has 0 aliphatic carbocycles. The van der Waals surface area contributed by atoms with Crippen molar-refractivity contribution in [3.63, 3.8) is 0 Å². The van der Waals surface area contributed by atoms with Crippen molar-refractivity contribution in [2.45, 2.75) is 90.9 Å². The maximum Gasteiger partial charge on any atom is 0.400 e. The monoisotopic (exact) mass is 506 g/mol. The molecule has 0 unspecified atom stereocenters. The Morgan fingerprint density at radius 2 is 0.800 bits per heavy atom. The first kappa shape index (κ1) is 27.8. The van der Waals surface area contributed by atoms with Crippen LogP contribution in [0.2, 0.25) is 0 Å². The molecule has 6 nitrogen and oxygen atoms in total. The molecular formula is C16H34O6S2Sn. The molecule has 0 aliphatic rings. The van der Waals surface area contributed by atoms with E-state index in [9.17, 15) is 16.8 Å². The summed E-state index contributed by atoms with van der Waals surface area (Å²) in [5.41, 5.74) is 0. The van der Waals surface area contributed by atoms with Crippen LogP contribution in [0.4, 0.5) is 0 Å². The van der Waals surface area contributed by atoms with Gasteiger partial charge in [0.05, 0.1) is 13.2 Å². The average Bonchev–Trinajstić information content (AvgIpc) is 2.53. The zero-order valence-electron chi connectivity index (χ0n) is 15.7. The van der Waals surface area contributed by atoms with Crippen LogP contribution in [-0.4, -0.2) is 54.0 Å². The molecule has 0 atom stereocenters. The minimum Gasteiger partial charge on any atom is -0.257 e. The molecule has 9 heteroatoms. The first-order chi connectivity index (χ1) is 11.4. The number of hydrogen-bond donors (Lipinski definition) is 0. The predicted octanol–water partition coefficient (Wildman–Crippen LogP) is 3.93. The molecule has 0 aliphatic heterocycles. The van der Waals surface area contributed by atoms with E-state index in [0.29, 0.717) is 12.8 Å². The van der Waals surface area contributed by atoms with Gasteiger partial charge in [-0.15, -0.1) is 0 Å². The normalized spacial score (nSPS) is 12.1. The second kappa shape index (κ2) is 16.8. The maximum absolute atomic E-state index is 11.7. The van der Waals surface area contributed by atoms with Crippen LogP contribution in [0.15, 0.2) is 0 Å². The van der Waals surface area contributed by atoms with Crippen molar-refractivity contribution >= 4 is 42.2 Å². The van der Waals surface area contributed by atoms with Crippen LogP contribution in [0.25, 0.3) is 0 Å². The van der Waals surface area contributed by atoms with E-state index in [1.807, 2.05) is 0 Å². The third-order valence-corrected chi connectivity index (χ3v) is 7.19. The molecule has 25 heavy (non-hydrogen) atoms. The topological polar surface area (TPSA) is 86.7 Å². The largest absolute Gasteiger partial charge is 0.400 e. The molecular weight excluding hydrogens is 471 g/mol. The molecule has 0 heterocycles. The molecule has 0 bridgehead atoms. The minimum atomic E-state index is -4.71. The standard InChI is InChI=1S/C16H34O6S2.Sn/c1-3-5-7-9-11-13-15-21-23(17,18)24(19,20)22-16-14-12-10-8-6-4-2;/h3-16H2,1-2H3;. The fourth-order valence-corrected chi connectivity index (χ4v) is 4.20. The smallest absolute Gasteiger partial charge is 0.257 e. The Labute approximate surface area is 171 Å². The summed E-state index contributed by atoms with van der Waals surface area (Å²) in [4.78, 5) is 0. The van der Waals surface area contributed by atoms with Gasteiger partial charge >= 0.3 is 18.3 Å². The molecule has 4 radical (unpaired) electrons. The third-order valence-electron chi connectivity index (χ3n) is 3.70. The van der Waals surface area contributed by atoms with E-state index in [0.717, 1.165) is 64.2 Å². The second-order valence-corrected chi connectivity index (χ2v) is 10.5. The average molecular weight is 505 g/mol. The van der Waals surface area contributed by atoms with E-state index in [-0.39, 0.29) is 37.1 Å². The molecule has 0 saturated heterocycles. The zero-order chi connectivity index (χ0) is 18.3. The molecule has 0 rings (SSSR count). The second-order valence-electron chi connectivity index (χ2n) is 6.00. The van der Waals surface area contributed by atoms with Gasteiger partial charge in [0.25, 0.3) is 0 Å². The van der Waals surface area contributed by atoms with Crippen LogP contribution in [-0.2, 0) is 26.7 Å². The van der Waals surface area contributed by atoms with Crippen LogP contribution in [0, 0.1) is 0 Å². The molecule has 0 aromatic rings. The quantitative estimate of drug-likeness (QED) is 0.169. The van der Waals surface area contributed by atoms with Crippen LogP contribution in [0.1, 0.15) is 90.9 Å². The van der Waals surface area contributed by atoms with Gasteiger partial charge in [-0.25, -0.2) is 0 Å². The van der Waals surface area contributed by atoms with Gasteiger partial charge in [-0.2, -0.15) is 16.8 Å². The van der Waals surface area contributed by atoms with Gasteiger partial charge in [0, 0.05) is 23.9 Å². The summed E-state index contributed by atoms with van der Waals surface area (Å²) in [5, 5.41) is 0. The molecule has 0 spiro atoms. The fourth-order valence-electron chi connectivity index (χ4n) is 2.20. The van der Waals surface area contributed by atoms with Gasteiger partial charge in [0.15, 0.2) is 0 Å². The van der Waals surface area contributed by atoms with Gasteiger partial charge in [-0.05, 0) is 12.8 Å². The van der Waals surface area contributed by atoms with Crippen molar-refractivity contribution in [2.24, 2.45) is 0 Å². The molecule has 0 fully saturated rings. The predicted molar refractivity (Wildman–Crippen MR) is 102 cm³/mol. The van der Waals surface area contributed by atoms with Crippen LogP contribution in [0.3, 0.4) is 0 Å². The van der Waals surface area contributed by atoms with Gasteiger partial charge < -0.3 is 0 Å². The first-order valence-electron chi connectivity index (χ1n) is 9.16. The summed E-state index contributed by atoms with van der Waals surface area (Å²) in [6.45, 7) is 4.00. The summed E-state index contributed by atoms with van der Waals surface area (Å²) in [6.07, 6.45) is 11.5. The summed E-state index contributed by atoms with van der Waals surface area (Å²) in [5.74, 6) is 0. The van der Waals surface area contributed by atoms with Crippen molar-refractivity contribution < 1.29 is 25.2 Å². The van der Waals surface area contributed by atoms with Gasteiger partial charge in [-0.3, -0.25) is 8.37 Å². The molecule has 150 valence electrons. The van der Waals surface area contributed by atoms with E-state index in [1.54, 1.807) is 0 Å². The Morgan fingerprint density at radius 1 is 0.520 bits per heavy atom. The van der Waals surface area contributed by atoms with Crippen LogP contribution in [0.5, 0.6) is 0 Å². The van der Waals surface area contributed by atoms with Crippen LogP contribution >= 0.6 is 0 Å². The number of rotatable bonds is 17. The van der Waals surface area contributed by atoms with Crippen molar-refractivity contribution in [3.05, 3.63) is 0 Å². The molecule has 0 saturated carbocycles. The Kier molecular flexibility index (Phi) is 18.7. The van der Waals surface area contributed by atoms with E-state index < -0.39 is 18.3 Å². The Morgan fingerprint density at radius 3 is 1.12 bits per heavy atom. The summed E-state index contributed by atoms with van der Waals surface area (Å²) in [6, 6.07) is 0. The Hall–Kier alpha value is 0.619. The number of hydrogen-bond acceptors (Lipinski definition) is 6. The van der Waals surface area contributed by atoms with Gasteiger partial charge in [0.1, 0.15) is 0 Å². The SMILES string of the molecule is CCCCCCCCOS(=O)(=O)S(=O)(=O)OCCCCCCCC.[Sn]. The molecule has 0 N–H and O–H groups in total. The van der Waals surface area contributed by atoms with Gasteiger partial charge in [0.2, 0.25) is 0 Å². The molecule has 0 aromatic heterocycles. The van der Waals surface area contributed by atoms with E-state index in [4.69, 9.17) is 0 Å². The molecule has 0 aromatic carbocycles. The van der Waals surface area contributed by atoms with Gasteiger partial charge in [-0.1, -0.05) is 78.1 Å². The molecule has 0 amide bonds. The third kappa shape index (κ3) is 14.4.